The summed E-state index contributed by atoms with van der Waals surface area (Å²) in [5.74, 6) is 0. The standard InChI is InChI=1S/C11H22N2O.C10H22N2.C9H20N2.3C2H6/c1-2-12-5-3-11(4-6-12)13-7-9-14-10-8-13;1-9(2)12-7-5-10(6-8-12)11(3)4;1-4-10-5-7-11(8-6-10)9(2)3;3*1-2/h11H,2-10H2,1H3;9-10H,5-8H2,1-4H3;9H,4-8H2,1-3H3;3*1-2H3. The fourth-order valence-corrected chi connectivity index (χ4v) is 6.06. The van der Waals surface area contributed by atoms with Crippen LogP contribution in [-0.4, -0.2) is 159 Å². The van der Waals surface area contributed by atoms with Crippen molar-refractivity contribution in [2.24, 2.45) is 0 Å². The Morgan fingerprint density at radius 2 is 0.953 bits per heavy atom. The highest BCUT2D eigenvalue weighted by Crippen LogP contribution is 2.17. The summed E-state index contributed by atoms with van der Waals surface area (Å²) < 4.78 is 5.38. The summed E-state index contributed by atoms with van der Waals surface area (Å²) in [5.41, 5.74) is 0. The Labute approximate surface area is 272 Å². The maximum atomic E-state index is 5.38. The number of nitrogens with zero attached hydrogens (tertiary/aromatic N) is 6. The van der Waals surface area contributed by atoms with Crippen molar-refractivity contribution < 1.29 is 4.74 Å². The molecule has 0 spiro atoms. The van der Waals surface area contributed by atoms with Gasteiger partial charge < -0.3 is 24.3 Å². The predicted molar refractivity (Wildman–Crippen MR) is 194 cm³/mol. The molecule has 0 aliphatic carbocycles. The summed E-state index contributed by atoms with van der Waals surface area (Å²) in [6.45, 7) is 42.4. The smallest absolute Gasteiger partial charge is 0.0594 e. The van der Waals surface area contributed by atoms with Gasteiger partial charge in [-0.1, -0.05) is 55.4 Å². The molecule has 0 radical (unpaired) electrons. The number of ether oxygens (including phenoxy) is 1. The fraction of sp³-hybridized carbons (Fsp3) is 1.00. The molecule has 0 unspecified atom stereocenters. The van der Waals surface area contributed by atoms with Crippen molar-refractivity contribution in [1.29, 1.82) is 0 Å². The summed E-state index contributed by atoms with van der Waals surface area (Å²) >= 11 is 0. The third kappa shape index (κ3) is 19.8. The average Bonchev–Trinajstić information content (AvgIpc) is 3.08. The number of piperidine rings is 2. The zero-order chi connectivity index (χ0) is 33.2. The predicted octanol–water partition coefficient (Wildman–Crippen LogP) is 6.33. The van der Waals surface area contributed by atoms with Crippen LogP contribution < -0.4 is 0 Å². The summed E-state index contributed by atoms with van der Waals surface area (Å²) in [4.78, 5) is 15.2. The molecule has 43 heavy (non-hydrogen) atoms. The molecule has 4 saturated heterocycles. The van der Waals surface area contributed by atoms with Crippen LogP contribution in [0.5, 0.6) is 0 Å². The molecule has 4 heterocycles. The quantitative estimate of drug-likeness (QED) is 0.345. The van der Waals surface area contributed by atoms with Gasteiger partial charge in [0.05, 0.1) is 13.2 Å². The van der Waals surface area contributed by atoms with Gasteiger partial charge in [-0.15, -0.1) is 0 Å². The van der Waals surface area contributed by atoms with E-state index in [2.05, 4.69) is 85.0 Å². The maximum absolute atomic E-state index is 5.38. The first-order valence-corrected chi connectivity index (χ1v) is 18.7. The van der Waals surface area contributed by atoms with Crippen LogP contribution in [0.15, 0.2) is 0 Å². The number of hydrogen-bond acceptors (Lipinski definition) is 7. The van der Waals surface area contributed by atoms with Crippen molar-refractivity contribution in [2.45, 2.75) is 133 Å². The molecule has 7 nitrogen and oxygen atoms in total. The molecule has 0 amide bonds. The zero-order valence-electron chi connectivity index (χ0n) is 32.1. The molecule has 0 aromatic heterocycles. The minimum atomic E-state index is 0.730. The number of likely N-dealkylation sites (N-methyl/N-ethyl adjacent to an activating group) is 1. The minimum absolute atomic E-state index is 0.730. The van der Waals surface area contributed by atoms with Gasteiger partial charge in [0.1, 0.15) is 0 Å². The number of rotatable bonds is 6. The fourth-order valence-electron chi connectivity index (χ4n) is 6.06. The van der Waals surface area contributed by atoms with Crippen molar-refractivity contribution in [3.63, 3.8) is 0 Å². The minimum Gasteiger partial charge on any atom is -0.379 e. The Bertz CT molecular complexity index is 530. The van der Waals surface area contributed by atoms with E-state index < -0.39 is 0 Å². The van der Waals surface area contributed by atoms with Crippen molar-refractivity contribution >= 4 is 0 Å². The SMILES string of the molecule is CC.CC.CC.CC(C)N1CCC(N(C)C)CC1.CCN1CCC(N2CCOCC2)CC1.CCN1CCN(C(C)C)CC1. The van der Waals surface area contributed by atoms with Gasteiger partial charge in [-0.2, -0.15) is 0 Å². The summed E-state index contributed by atoms with van der Waals surface area (Å²) in [5, 5.41) is 0. The Morgan fingerprint density at radius 3 is 1.33 bits per heavy atom. The van der Waals surface area contributed by atoms with Crippen LogP contribution in [0.25, 0.3) is 0 Å². The second kappa shape index (κ2) is 29.1. The van der Waals surface area contributed by atoms with Gasteiger partial charge in [-0.3, -0.25) is 9.80 Å². The highest BCUT2D eigenvalue weighted by Gasteiger charge is 2.25. The molecule has 0 aromatic carbocycles. The van der Waals surface area contributed by atoms with E-state index >= 15 is 0 Å². The highest BCUT2D eigenvalue weighted by atomic mass is 16.5. The third-order valence-electron chi connectivity index (χ3n) is 9.11. The molecule has 7 heteroatoms. The van der Waals surface area contributed by atoms with Gasteiger partial charge in [0, 0.05) is 63.4 Å². The van der Waals surface area contributed by atoms with Crippen LogP contribution in [0.4, 0.5) is 0 Å². The van der Waals surface area contributed by atoms with Gasteiger partial charge in [0.2, 0.25) is 0 Å². The molecular weight excluding hydrogens is 532 g/mol. The Morgan fingerprint density at radius 1 is 0.558 bits per heavy atom. The number of hydrogen-bond donors (Lipinski definition) is 0. The molecule has 4 rings (SSSR count). The summed E-state index contributed by atoms with van der Waals surface area (Å²) in [6.07, 6.45) is 5.39. The molecular formula is C36H82N6O. The zero-order valence-corrected chi connectivity index (χ0v) is 32.1. The molecule has 0 saturated carbocycles. The van der Waals surface area contributed by atoms with Crippen LogP contribution in [0.1, 0.15) is 109 Å². The molecule has 0 atom stereocenters. The van der Waals surface area contributed by atoms with Crippen LogP contribution in [0.2, 0.25) is 0 Å². The molecule has 4 fully saturated rings. The molecule has 0 bridgehead atoms. The summed E-state index contributed by atoms with van der Waals surface area (Å²) in [7, 11) is 4.38. The van der Waals surface area contributed by atoms with E-state index in [0.717, 1.165) is 50.5 Å². The van der Waals surface area contributed by atoms with E-state index in [9.17, 15) is 0 Å². The van der Waals surface area contributed by atoms with Crippen molar-refractivity contribution in [2.75, 3.05) is 106 Å². The maximum Gasteiger partial charge on any atom is 0.0594 e. The number of piperazine rings is 1. The lowest BCUT2D eigenvalue weighted by atomic mass is 10.0. The van der Waals surface area contributed by atoms with Crippen LogP contribution in [0, 0.1) is 0 Å². The van der Waals surface area contributed by atoms with E-state index in [1.165, 1.54) is 91.1 Å². The first kappa shape index (κ1) is 44.8. The lowest BCUT2D eigenvalue weighted by Crippen LogP contribution is -2.48. The first-order valence-electron chi connectivity index (χ1n) is 18.7. The van der Waals surface area contributed by atoms with Gasteiger partial charge >= 0.3 is 0 Å². The molecule has 4 aliphatic heterocycles. The summed E-state index contributed by atoms with van der Waals surface area (Å²) in [6, 6.07) is 3.11. The highest BCUT2D eigenvalue weighted by molar-refractivity contribution is 4.81. The first-order chi connectivity index (χ1) is 20.7. The van der Waals surface area contributed by atoms with Crippen LogP contribution >= 0.6 is 0 Å². The normalized spacial score (nSPS) is 21.7. The number of morpholine rings is 1. The van der Waals surface area contributed by atoms with E-state index in [0.29, 0.717) is 0 Å². The number of likely N-dealkylation sites (tertiary alicyclic amines) is 2. The van der Waals surface area contributed by atoms with Gasteiger partial charge in [0.25, 0.3) is 0 Å². The Hall–Kier alpha value is -0.280. The van der Waals surface area contributed by atoms with Crippen molar-refractivity contribution in [1.82, 2.24) is 29.4 Å². The third-order valence-corrected chi connectivity index (χ3v) is 9.11. The monoisotopic (exact) mass is 615 g/mol. The molecule has 262 valence electrons. The van der Waals surface area contributed by atoms with Gasteiger partial charge in [-0.05, 0) is 107 Å². The molecule has 0 aromatic rings. The van der Waals surface area contributed by atoms with Gasteiger partial charge in [-0.25, -0.2) is 0 Å². The van der Waals surface area contributed by atoms with E-state index in [1.54, 1.807) is 0 Å². The largest absolute Gasteiger partial charge is 0.379 e. The van der Waals surface area contributed by atoms with Crippen LogP contribution in [0.3, 0.4) is 0 Å². The average molecular weight is 615 g/mol. The van der Waals surface area contributed by atoms with Crippen molar-refractivity contribution in [3.8, 4) is 0 Å². The Balaban J connectivity index is 0. The molecule has 0 N–H and O–H groups in total. The second-order valence-electron chi connectivity index (χ2n) is 12.2. The molecule has 4 aliphatic rings. The topological polar surface area (TPSA) is 28.7 Å². The van der Waals surface area contributed by atoms with Crippen LogP contribution in [-0.2, 0) is 4.74 Å². The second-order valence-corrected chi connectivity index (χ2v) is 12.2. The Kier molecular flexibility index (Phi) is 30.4. The van der Waals surface area contributed by atoms with E-state index in [1.807, 2.05) is 41.5 Å². The van der Waals surface area contributed by atoms with E-state index in [-0.39, 0.29) is 0 Å². The van der Waals surface area contributed by atoms with Gasteiger partial charge in [0.15, 0.2) is 0 Å². The lowest BCUT2D eigenvalue weighted by Gasteiger charge is -2.39. The lowest BCUT2D eigenvalue weighted by molar-refractivity contribution is 0.00134. The van der Waals surface area contributed by atoms with E-state index in [4.69, 9.17) is 4.74 Å². The van der Waals surface area contributed by atoms with Crippen molar-refractivity contribution in [3.05, 3.63) is 0 Å².